The highest BCUT2D eigenvalue weighted by molar-refractivity contribution is 5.77. The summed E-state index contributed by atoms with van der Waals surface area (Å²) < 4.78 is 35.4. The Bertz CT molecular complexity index is 264. The molecule has 0 spiro atoms. The number of hydrogen-bond donors (Lipinski definition) is 3. The molecule has 1 saturated carbocycles. The van der Waals surface area contributed by atoms with E-state index in [-0.39, 0.29) is 12.6 Å². The fraction of sp³-hybridized carbons (Fsp3) is 0.909. The molecule has 0 aliphatic heterocycles. The monoisotopic (exact) mass is 268 g/mol. The molecule has 3 N–H and O–H groups in total. The van der Waals surface area contributed by atoms with Gasteiger partial charge in [-0.1, -0.05) is 0 Å². The Morgan fingerprint density at radius 3 is 2.39 bits per heavy atom. The first-order chi connectivity index (χ1) is 8.37. The molecule has 1 aliphatic rings. The Balaban J connectivity index is 2.05. The summed E-state index contributed by atoms with van der Waals surface area (Å²) in [6, 6.07) is 0. The van der Waals surface area contributed by atoms with E-state index in [1.54, 1.807) is 5.32 Å². The first-order valence-corrected chi connectivity index (χ1v) is 6.09. The van der Waals surface area contributed by atoms with Crippen molar-refractivity contribution in [2.24, 2.45) is 5.92 Å². The zero-order valence-electron chi connectivity index (χ0n) is 10.1. The highest BCUT2D eigenvalue weighted by Crippen LogP contribution is 2.23. The van der Waals surface area contributed by atoms with Crippen LogP contribution in [-0.2, 0) is 4.79 Å². The van der Waals surface area contributed by atoms with Crippen molar-refractivity contribution in [2.75, 3.05) is 19.6 Å². The molecule has 0 bridgehead atoms. The number of nitrogens with one attached hydrogen (secondary N) is 2. The van der Waals surface area contributed by atoms with E-state index in [9.17, 15) is 23.1 Å². The molecule has 0 radical (unpaired) electrons. The van der Waals surface area contributed by atoms with Crippen LogP contribution in [0.4, 0.5) is 13.2 Å². The van der Waals surface area contributed by atoms with Crippen LogP contribution in [0, 0.1) is 5.92 Å². The summed E-state index contributed by atoms with van der Waals surface area (Å²) in [5.41, 5.74) is 0. The van der Waals surface area contributed by atoms with Crippen molar-refractivity contribution in [1.29, 1.82) is 0 Å². The highest BCUT2D eigenvalue weighted by atomic mass is 19.4. The fourth-order valence-electron chi connectivity index (χ4n) is 2.00. The molecule has 0 aromatic carbocycles. The van der Waals surface area contributed by atoms with Crippen LogP contribution in [0.25, 0.3) is 0 Å². The average molecular weight is 268 g/mol. The van der Waals surface area contributed by atoms with Crippen LogP contribution in [0.15, 0.2) is 0 Å². The molecule has 4 nitrogen and oxygen atoms in total. The molecule has 18 heavy (non-hydrogen) atoms. The third kappa shape index (κ3) is 6.80. The van der Waals surface area contributed by atoms with E-state index in [0.717, 1.165) is 25.7 Å². The molecular weight excluding hydrogens is 249 g/mol. The lowest BCUT2D eigenvalue weighted by molar-refractivity contribution is -0.137. The summed E-state index contributed by atoms with van der Waals surface area (Å²) >= 11 is 0. The highest BCUT2D eigenvalue weighted by Gasteiger charge is 2.27. The van der Waals surface area contributed by atoms with E-state index in [2.05, 4.69) is 5.32 Å². The summed E-state index contributed by atoms with van der Waals surface area (Å²) in [4.78, 5) is 11.1. The van der Waals surface area contributed by atoms with Crippen molar-refractivity contribution in [3.8, 4) is 0 Å². The molecule has 0 unspecified atom stereocenters. The predicted octanol–water partition coefficient (Wildman–Crippen LogP) is 0.806. The normalized spacial score (nSPS) is 24.9. The quantitative estimate of drug-likeness (QED) is 0.691. The summed E-state index contributed by atoms with van der Waals surface area (Å²) in [5.74, 6) is -0.257. The van der Waals surface area contributed by atoms with Gasteiger partial charge < -0.3 is 15.7 Å². The van der Waals surface area contributed by atoms with Crippen molar-refractivity contribution in [2.45, 2.75) is 38.0 Å². The van der Waals surface area contributed by atoms with Crippen molar-refractivity contribution in [3.63, 3.8) is 0 Å². The smallest absolute Gasteiger partial charge is 0.393 e. The SMILES string of the molecule is O=C(CNCC1CCC(O)CC1)NCC(F)(F)F. The summed E-state index contributed by atoms with van der Waals surface area (Å²) in [5, 5.41) is 13.9. The Kier molecular flexibility index (Phi) is 5.87. The molecule has 1 fully saturated rings. The van der Waals surface area contributed by atoms with Gasteiger partial charge in [0.25, 0.3) is 0 Å². The number of halogens is 3. The number of amides is 1. The van der Waals surface area contributed by atoms with E-state index < -0.39 is 18.6 Å². The predicted molar refractivity (Wildman–Crippen MR) is 59.9 cm³/mol. The van der Waals surface area contributed by atoms with Crippen LogP contribution in [0.5, 0.6) is 0 Å². The molecule has 0 atom stereocenters. The van der Waals surface area contributed by atoms with Crippen LogP contribution in [-0.4, -0.2) is 42.9 Å². The van der Waals surface area contributed by atoms with Gasteiger partial charge in [-0.05, 0) is 38.1 Å². The number of carbonyl (C=O) groups is 1. The van der Waals surface area contributed by atoms with E-state index in [1.807, 2.05) is 0 Å². The van der Waals surface area contributed by atoms with Gasteiger partial charge >= 0.3 is 6.18 Å². The van der Waals surface area contributed by atoms with Crippen molar-refractivity contribution >= 4 is 5.91 Å². The number of carbonyl (C=O) groups excluding carboxylic acids is 1. The number of aliphatic hydroxyl groups excluding tert-OH is 1. The van der Waals surface area contributed by atoms with Gasteiger partial charge in [-0.3, -0.25) is 4.79 Å². The molecule has 1 amide bonds. The third-order valence-electron chi connectivity index (χ3n) is 3.02. The summed E-state index contributed by atoms with van der Waals surface area (Å²) in [6.45, 7) is -0.787. The third-order valence-corrected chi connectivity index (χ3v) is 3.02. The van der Waals surface area contributed by atoms with E-state index in [0.29, 0.717) is 12.5 Å². The first-order valence-electron chi connectivity index (χ1n) is 6.09. The second kappa shape index (κ2) is 6.94. The molecular formula is C11H19F3N2O2. The van der Waals surface area contributed by atoms with E-state index in [4.69, 9.17) is 0 Å². The minimum absolute atomic E-state index is 0.102. The van der Waals surface area contributed by atoms with Crippen molar-refractivity contribution < 1.29 is 23.1 Å². The van der Waals surface area contributed by atoms with Crippen LogP contribution in [0.1, 0.15) is 25.7 Å². The van der Waals surface area contributed by atoms with Crippen LogP contribution in [0.2, 0.25) is 0 Å². The molecule has 7 heteroatoms. The molecule has 0 aromatic rings. The molecule has 0 aromatic heterocycles. The maximum atomic E-state index is 11.8. The topological polar surface area (TPSA) is 61.4 Å². The van der Waals surface area contributed by atoms with Crippen LogP contribution in [0.3, 0.4) is 0 Å². The van der Waals surface area contributed by atoms with Gasteiger partial charge in [-0.15, -0.1) is 0 Å². The molecule has 1 rings (SSSR count). The molecule has 106 valence electrons. The van der Waals surface area contributed by atoms with Crippen molar-refractivity contribution in [1.82, 2.24) is 10.6 Å². The molecule has 1 aliphatic carbocycles. The summed E-state index contributed by atoms with van der Waals surface area (Å²) in [7, 11) is 0. The first kappa shape index (κ1) is 15.2. The van der Waals surface area contributed by atoms with Gasteiger partial charge in [0, 0.05) is 0 Å². The lowest BCUT2D eigenvalue weighted by Crippen LogP contribution is -2.40. The Hall–Kier alpha value is -0.820. The summed E-state index contributed by atoms with van der Waals surface area (Å²) in [6.07, 6.45) is -1.30. The van der Waals surface area contributed by atoms with Gasteiger partial charge in [-0.25, -0.2) is 0 Å². The van der Waals surface area contributed by atoms with Gasteiger partial charge in [0.1, 0.15) is 6.54 Å². The molecule has 0 heterocycles. The van der Waals surface area contributed by atoms with Gasteiger partial charge in [0.05, 0.1) is 12.6 Å². The minimum Gasteiger partial charge on any atom is -0.393 e. The number of hydrogen-bond acceptors (Lipinski definition) is 3. The second-order valence-corrected chi connectivity index (χ2v) is 4.70. The number of alkyl halides is 3. The maximum Gasteiger partial charge on any atom is 0.405 e. The lowest BCUT2D eigenvalue weighted by Gasteiger charge is -2.25. The Morgan fingerprint density at radius 2 is 1.83 bits per heavy atom. The van der Waals surface area contributed by atoms with Crippen LogP contribution >= 0.6 is 0 Å². The Morgan fingerprint density at radius 1 is 1.22 bits per heavy atom. The van der Waals surface area contributed by atoms with Gasteiger partial charge in [-0.2, -0.15) is 13.2 Å². The maximum absolute atomic E-state index is 11.8. The lowest BCUT2D eigenvalue weighted by atomic mass is 9.87. The van der Waals surface area contributed by atoms with Crippen molar-refractivity contribution in [3.05, 3.63) is 0 Å². The zero-order chi connectivity index (χ0) is 13.6. The standard InChI is InChI=1S/C11H19F3N2O2/c12-11(13,14)7-16-10(18)6-15-5-8-1-3-9(17)4-2-8/h8-9,15,17H,1-7H2,(H,16,18). The van der Waals surface area contributed by atoms with Crippen LogP contribution < -0.4 is 10.6 Å². The molecule has 0 saturated heterocycles. The zero-order valence-corrected chi connectivity index (χ0v) is 10.1. The number of rotatable bonds is 5. The van der Waals surface area contributed by atoms with Gasteiger partial charge in [0.2, 0.25) is 5.91 Å². The Labute approximate surface area is 104 Å². The number of aliphatic hydroxyl groups is 1. The average Bonchev–Trinajstić information content (AvgIpc) is 2.28. The largest absolute Gasteiger partial charge is 0.405 e. The van der Waals surface area contributed by atoms with Gasteiger partial charge in [0.15, 0.2) is 0 Å². The second-order valence-electron chi connectivity index (χ2n) is 4.70. The fourth-order valence-corrected chi connectivity index (χ4v) is 2.00. The van der Waals surface area contributed by atoms with E-state index >= 15 is 0 Å². The minimum atomic E-state index is -4.37. The van der Waals surface area contributed by atoms with E-state index in [1.165, 1.54) is 0 Å².